The lowest BCUT2D eigenvalue weighted by molar-refractivity contribution is -0.134. The number of Topliss-reactive ketones (excluding diaryl/α,β-unsaturated/α-hetero) is 1. The van der Waals surface area contributed by atoms with Gasteiger partial charge in [0.2, 0.25) is 9.37 Å². The summed E-state index contributed by atoms with van der Waals surface area (Å²) in [5.41, 5.74) is 2.42. The monoisotopic (exact) mass is 473 g/mol. The van der Waals surface area contributed by atoms with Gasteiger partial charge in [0, 0.05) is 16.4 Å². The predicted molar refractivity (Wildman–Crippen MR) is 128 cm³/mol. The van der Waals surface area contributed by atoms with E-state index in [-0.39, 0.29) is 17.4 Å². The molecule has 0 N–H and O–H groups in total. The summed E-state index contributed by atoms with van der Waals surface area (Å²) < 4.78 is 4.29. The normalized spacial score (nSPS) is 20.5. The van der Waals surface area contributed by atoms with Crippen molar-refractivity contribution in [3.63, 3.8) is 0 Å². The van der Waals surface area contributed by atoms with Gasteiger partial charge in [0.25, 0.3) is 0 Å². The highest BCUT2D eigenvalue weighted by Crippen LogP contribution is 2.60. The molecule has 2 aliphatic rings. The summed E-state index contributed by atoms with van der Waals surface area (Å²) in [5.74, 6) is -0.535. The zero-order valence-corrected chi connectivity index (χ0v) is 19.6. The number of hydrazone groups is 1. The first-order chi connectivity index (χ1) is 14.9. The van der Waals surface area contributed by atoms with Crippen LogP contribution in [0.15, 0.2) is 70.3 Å². The van der Waals surface area contributed by atoms with Gasteiger partial charge in [-0.15, -0.1) is 0 Å². The number of anilines is 2. The highest BCUT2D eigenvalue weighted by Gasteiger charge is 2.57. The first-order valence-corrected chi connectivity index (χ1v) is 11.6. The number of benzene rings is 2. The number of esters is 1. The van der Waals surface area contributed by atoms with Gasteiger partial charge in [-0.05, 0) is 68.9 Å². The summed E-state index contributed by atoms with van der Waals surface area (Å²) >= 11 is 8.74. The Labute approximate surface area is 194 Å². The van der Waals surface area contributed by atoms with Crippen LogP contribution in [0.1, 0.15) is 20.8 Å². The molecule has 0 unspecified atom stereocenters. The maximum absolute atomic E-state index is 12.6. The summed E-state index contributed by atoms with van der Waals surface area (Å²) in [4.78, 5) is 27.8. The molecule has 160 valence electrons. The van der Waals surface area contributed by atoms with Crippen molar-refractivity contribution in [2.45, 2.75) is 25.1 Å². The molecule has 9 heteroatoms. The number of hydrogen-bond acceptors (Lipinski definition) is 8. The fourth-order valence-electron chi connectivity index (χ4n) is 3.45. The Morgan fingerprint density at radius 2 is 1.74 bits per heavy atom. The lowest BCUT2D eigenvalue weighted by Gasteiger charge is -2.41. The largest absolute Gasteiger partial charge is 0.461 e. The lowest BCUT2D eigenvalue weighted by Crippen LogP contribution is -2.49. The third-order valence-corrected chi connectivity index (χ3v) is 7.95. The minimum Gasteiger partial charge on any atom is -0.461 e. The second-order valence-electron chi connectivity index (χ2n) is 6.81. The maximum Gasteiger partial charge on any atom is 0.365 e. The Hall–Kier alpha value is -2.42. The number of ether oxygens (including phenoxy) is 1. The lowest BCUT2D eigenvalue weighted by atomic mass is 10.2. The number of nitrogens with zero attached hydrogens (tertiary/aromatic N) is 3. The molecule has 1 atom stereocenters. The SMILES string of the molecule is CCOC(=O)C1=NN(c2ccc(Cl)cc2)[C@@]2(S1)SC(C(C)=O)=C(C)N2c1ccccc1. The van der Waals surface area contributed by atoms with Crippen molar-refractivity contribution in [2.75, 3.05) is 16.5 Å². The number of halogens is 1. The Kier molecular flexibility index (Phi) is 6.05. The van der Waals surface area contributed by atoms with Crippen LogP contribution in [0.5, 0.6) is 0 Å². The first-order valence-electron chi connectivity index (χ1n) is 9.64. The minimum absolute atomic E-state index is 0.0402. The van der Waals surface area contributed by atoms with E-state index in [4.69, 9.17) is 16.3 Å². The standard InChI is InChI=1S/C22H20ClN3O3S2/c1-4-29-21(28)20-24-26(18-12-10-16(23)11-13-18)22(31-20)25(17-8-6-5-7-9-17)14(2)19(30-22)15(3)27/h5-13H,4H2,1-3H3/t22-/m1/s1. The molecule has 2 heterocycles. The van der Waals surface area contributed by atoms with Gasteiger partial charge in [-0.1, -0.05) is 41.6 Å². The summed E-state index contributed by atoms with van der Waals surface area (Å²) in [5, 5.41) is 7.22. The summed E-state index contributed by atoms with van der Waals surface area (Å²) in [6.07, 6.45) is 0. The Morgan fingerprint density at radius 3 is 2.35 bits per heavy atom. The Morgan fingerprint density at radius 1 is 1.06 bits per heavy atom. The second-order valence-corrected chi connectivity index (χ2v) is 9.84. The summed E-state index contributed by atoms with van der Waals surface area (Å²) in [6.45, 7) is 5.46. The molecule has 0 saturated carbocycles. The van der Waals surface area contributed by atoms with Crippen LogP contribution in [0.3, 0.4) is 0 Å². The van der Waals surface area contributed by atoms with Crippen LogP contribution in [0.4, 0.5) is 11.4 Å². The number of para-hydroxylation sites is 1. The average molecular weight is 474 g/mol. The first kappa shape index (κ1) is 21.8. The topological polar surface area (TPSA) is 62.2 Å². The van der Waals surface area contributed by atoms with Crippen molar-refractivity contribution >= 4 is 63.3 Å². The van der Waals surface area contributed by atoms with E-state index in [1.807, 2.05) is 54.3 Å². The molecule has 0 aliphatic carbocycles. The highest BCUT2D eigenvalue weighted by atomic mass is 35.5. The van der Waals surface area contributed by atoms with Gasteiger partial charge in [-0.3, -0.25) is 4.79 Å². The van der Waals surface area contributed by atoms with Crippen LogP contribution >= 0.6 is 35.1 Å². The molecule has 2 aliphatic heterocycles. The number of hydrogen-bond donors (Lipinski definition) is 0. The van der Waals surface area contributed by atoms with Crippen LogP contribution in [-0.4, -0.2) is 27.7 Å². The van der Waals surface area contributed by atoms with E-state index in [0.717, 1.165) is 17.1 Å². The van der Waals surface area contributed by atoms with E-state index >= 15 is 0 Å². The van der Waals surface area contributed by atoms with Gasteiger partial charge in [-0.2, -0.15) is 5.10 Å². The van der Waals surface area contributed by atoms with Crippen molar-refractivity contribution in [1.29, 1.82) is 0 Å². The van der Waals surface area contributed by atoms with Crippen molar-refractivity contribution in [3.05, 3.63) is 70.2 Å². The van der Waals surface area contributed by atoms with E-state index in [2.05, 4.69) is 5.10 Å². The van der Waals surface area contributed by atoms with Gasteiger partial charge < -0.3 is 9.64 Å². The van der Waals surface area contributed by atoms with Crippen LogP contribution < -0.4 is 9.91 Å². The fraction of sp³-hybridized carbons (Fsp3) is 0.227. The van der Waals surface area contributed by atoms with Crippen molar-refractivity contribution in [2.24, 2.45) is 5.10 Å². The van der Waals surface area contributed by atoms with Crippen molar-refractivity contribution in [1.82, 2.24) is 0 Å². The number of thioether (sulfide) groups is 2. The van der Waals surface area contributed by atoms with E-state index in [1.165, 1.54) is 23.5 Å². The van der Waals surface area contributed by atoms with Crippen molar-refractivity contribution in [3.8, 4) is 0 Å². The van der Waals surface area contributed by atoms with Crippen LogP contribution in [0.2, 0.25) is 5.02 Å². The number of rotatable bonds is 5. The van der Waals surface area contributed by atoms with E-state index in [9.17, 15) is 9.59 Å². The van der Waals surface area contributed by atoms with Gasteiger partial charge in [0.05, 0.1) is 17.2 Å². The maximum atomic E-state index is 12.6. The number of allylic oxidation sites excluding steroid dienone is 2. The van der Waals surface area contributed by atoms with E-state index in [1.54, 1.807) is 31.0 Å². The van der Waals surface area contributed by atoms with Crippen LogP contribution in [-0.2, 0) is 14.3 Å². The molecule has 0 fully saturated rings. The van der Waals surface area contributed by atoms with E-state index in [0.29, 0.717) is 9.93 Å². The molecular weight excluding hydrogens is 454 g/mol. The van der Waals surface area contributed by atoms with Crippen LogP contribution in [0.25, 0.3) is 0 Å². The molecule has 0 radical (unpaired) electrons. The zero-order valence-electron chi connectivity index (χ0n) is 17.2. The highest BCUT2D eigenvalue weighted by molar-refractivity contribution is 8.29. The summed E-state index contributed by atoms with van der Waals surface area (Å²) in [6, 6.07) is 17.0. The minimum atomic E-state index is -0.942. The van der Waals surface area contributed by atoms with Gasteiger partial charge in [0.1, 0.15) is 0 Å². The molecule has 2 aromatic rings. The second kappa shape index (κ2) is 8.61. The number of carbonyl (C=O) groups excluding carboxylic acids is 2. The molecule has 0 bridgehead atoms. The summed E-state index contributed by atoms with van der Waals surface area (Å²) in [7, 11) is 0. The molecule has 0 saturated heterocycles. The van der Waals surface area contributed by atoms with Gasteiger partial charge in [-0.25, -0.2) is 9.80 Å². The van der Waals surface area contributed by atoms with E-state index < -0.39 is 10.3 Å². The molecule has 6 nitrogen and oxygen atoms in total. The smallest absolute Gasteiger partial charge is 0.365 e. The van der Waals surface area contributed by atoms with Crippen molar-refractivity contribution < 1.29 is 14.3 Å². The Balaban J connectivity index is 1.89. The Bertz CT molecular complexity index is 1090. The number of ketones is 1. The molecule has 2 aromatic carbocycles. The van der Waals surface area contributed by atoms with Gasteiger partial charge in [0.15, 0.2) is 5.78 Å². The molecule has 1 spiro atoms. The third-order valence-electron chi connectivity index (χ3n) is 4.73. The fourth-order valence-corrected chi connectivity index (χ4v) is 6.53. The average Bonchev–Trinajstić information content (AvgIpc) is 3.27. The number of carbonyl (C=O) groups is 2. The quantitative estimate of drug-likeness (QED) is 0.534. The molecule has 0 amide bonds. The molecule has 4 rings (SSSR count). The predicted octanol–water partition coefficient (Wildman–Crippen LogP) is 5.46. The third kappa shape index (κ3) is 3.84. The molecule has 31 heavy (non-hydrogen) atoms. The van der Waals surface area contributed by atoms with Crippen LogP contribution in [0, 0.1) is 0 Å². The van der Waals surface area contributed by atoms with Gasteiger partial charge >= 0.3 is 5.97 Å². The molecular formula is C22H20ClN3O3S2. The zero-order chi connectivity index (χ0) is 22.2. The molecule has 0 aromatic heterocycles.